The van der Waals surface area contributed by atoms with Crippen LogP contribution in [0.25, 0.3) is 0 Å². The van der Waals surface area contributed by atoms with Crippen LogP contribution in [0.1, 0.15) is 31.8 Å². The fourth-order valence-electron chi connectivity index (χ4n) is 1.57. The molecule has 0 amide bonds. The Hall–Kier alpha value is -2.20. The number of carboxylic acid groups (broad SMARTS) is 1. The van der Waals surface area contributed by atoms with Gasteiger partial charge in [0, 0.05) is 11.8 Å². The first-order valence-corrected chi connectivity index (χ1v) is 6.59. The molecule has 0 aliphatic heterocycles. The van der Waals surface area contributed by atoms with Crippen LogP contribution >= 0.6 is 0 Å². The molecular formula is C11H9NO5S. The first kappa shape index (κ1) is 13.9. The lowest BCUT2D eigenvalue weighted by molar-refractivity contribution is 0.0695. The Labute approximate surface area is 103 Å². The molecule has 7 heteroatoms. The van der Waals surface area contributed by atoms with E-state index >= 15 is 0 Å². The van der Waals surface area contributed by atoms with E-state index < -0.39 is 21.4 Å². The second kappa shape index (κ2) is 4.58. The largest absolute Gasteiger partial charge is 0.478 e. The average molecular weight is 267 g/mol. The highest BCUT2D eigenvalue weighted by Crippen LogP contribution is 2.25. The lowest BCUT2D eigenvalue weighted by Gasteiger charge is -2.10. The van der Waals surface area contributed by atoms with Crippen molar-refractivity contribution in [3.05, 3.63) is 28.3 Å². The number of sulfone groups is 1. The third-order valence-corrected chi connectivity index (χ3v) is 3.59. The number of rotatable bonds is 3. The number of hydrogen-bond donors (Lipinski definition) is 1. The second-order valence-electron chi connectivity index (χ2n) is 3.64. The Morgan fingerprint density at radius 2 is 2.06 bits per heavy atom. The van der Waals surface area contributed by atoms with Gasteiger partial charge in [0.15, 0.2) is 16.1 Å². The molecule has 0 aliphatic rings. The summed E-state index contributed by atoms with van der Waals surface area (Å²) in [7, 11) is -3.75. The van der Waals surface area contributed by atoms with Crippen molar-refractivity contribution >= 4 is 22.1 Å². The normalized spacial score (nSPS) is 10.7. The molecule has 0 aliphatic carbocycles. The van der Waals surface area contributed by atoms with Gasteiger partial charge in [0.2, 0.25) is 0 Å². The molecule has 0 bridgehead atoms. The van der Waals surface area contributed by atoms with Crippen LogP contribution in [-0.2, 0) is 9.84 Å². The molecule has 0 heterocycles. The number of benzene rings is 1. The van der Waals surface area contributed by atoms with Crippen LogP contribution < -0.4 is 0 Å². The third-order valence-electron chi connectivity index (χ3n) is 2.45. The summed E-state index contributed by atoms with van der Waals surface area (Å²) in [4.78, 5) is 21.5. The summed E-state index contributed by atoms with van der Waals surface area (Å²) in [6.45, 7) is 1.34. The minimum atomic E-state index is -3.75. The summed E-state index contributed by atoms with van der Waals surface area (Å²) < 4.78 is 23.0. The number of nitriles is 1. The minimum Gasteiger partial charge on any atom is -0.478 e. The van der Waals surface area contributed by atoms with Crippen molar-refractivity contribution in [2.45, 2.75) is 11.8 Å². The van der Waals surface area contributed by atoms with Gasteiger partial charge >= 0.3 is 5.97 Å². The van der Waals surface area contributed by atoms with Gasteiger partial charge in [-0.25, -0.2) is 13.2 Å². The van der Waals surface area contributed by atoms with Crippen LogP contribution in [0.3, 0.4) is 0 Å². The Morgan fingerprint density at radius 3 is 2.39 bits per heavy atom. The van der Waals surface area contributed by atoms with Crippen molar-refractivity contribution in [2.75, 3.05) is 6.26 Å². The number of carbonyl (C=O) groups excluding carboxylic acids is 1. The SMILES string of the molecule is Cc1c(C#N)c(C(=O)O)cc(S(C)(=O)=O)c1C=O. The first-order chi connectivity index (χ1) is 8.23. The number of carboxylic acids is 1. The maximum atomic E-state index is 11.5. The van der Waals surface area contributed by atoms with Crippen LogP contribution in [0.15, 0.2) is 11.0 Å². The molecule has 0 saturated heterocycles. The van der Waals surface area contributed by atoms with Crippen LogP contribution in [0.5, 0.6) is 0 Å². The molecule has 1 rings (SSSR count). The molecule has 18 heavy (non-hydrogen) atoms. The number of aromatic carboxylic acids is 1. The fraction of sp³-hybridized carbons (Fsp3) is 0.182. The van der Waals surface area contributed by atoms with Gasteiger partial charge in [-0.3, -0.25) is 4.79 Å². The Balaban J connectivity index is 3.94. The van der Waals surface area contributed by atoms with Gasteiger partial charge in [0.05, 0.1) is 16.0 Å². The van der Waals surface area contributed by atoms with Gasteiger partial charge in [-0.2, -0.15) is 5.26 Å². The van der Waals surface area contributed by atoms with Gasteiger partial charge in [-0.15, -0.1) is 0 Å². The van der Waals surface area contributed by atoms with E-state index in [1.807, 2.05) is 0 Å². The van der Waals surface area contributed by atoms with Crippen LogP contribution in [0, 0.1) is 18.3 Å². The number of nitrogens with zero attached hydrogens (tertiary/aromatic N) is 1. The van der Waals surface area contributed by atoms with E-state index in [0.29, 0.717) is 6.29 Å². The van der Waals surface area contributed by atoms with E-state index in [0.717, 1.165) is 12.3 Å². The summed E-state index contributed by atoms with van der Waals surface area (Å²) >= 11 is 0. The molecule has 0 spiro atoms. The minimum absolute atomic E-state index is 0.0489. The van der Waals surface area contributed by atoms with E-state index in [1.54, 1.807) is 6.07 Å². The summed E-state index contributed by atoms with van der Waals surface area (Å²) in [6, 6.07) is 2.50. The molecular weight excluding hydrogens is 258 g/mol. The van der Waals surface area contributed by atoms with Crippen LogP contribution in [-0.4, -0.2) is 32.0 Å². The maximum absolute atomic E-state index is 11.5. The predicted molar refractivity (Wildman–Crippen MR) is 61.4 cm³/mol. The molecule has 0 unspecified atom stereocenters. The molecule has 1 aromatic carbocycles. The van der Waals surface area contributed by atoms with Crippen molar-refractivity contribution in [1.82, 2.24) is 0 Å². The Bertz CT molecular complexity index is 682. The highest BCUT2D eigenvalue weighted by Gasteiger charge is 2.23. The van der Waals surface area contributed by atoms with Crippen molar-refractivity contribution in [3.8, 4) is 6.07 Å². The predicted octanol–water partition coefficient (Wildman–Crippen LogP) is 0.781. The molecule has 94 valence electrons. The Morgan fingerprint density at radius 1 is 1.50 bits per heavy atom. The van der Waals surface area contributed by atoms with E-state index in [1.165, 1.54) is 6.92 Å². The van der Waals surface area contributed by atoms with Crippen molar-refractivity contribution in [1.29, 1.82) is 5.26 Å². The lowest BCUT2D eigenvalue weighted by atomic mass is 9.98. The third kappa shape index (κ3) is 2.24. The molecule has 1 N–H and O–H groups in total. The summed E-state index contributed by atoms with van der Waals surface area (Å²) in [6.07, 6.45) is 1.17. The highest BCUT2D eigenvalue weighted by molar-refractivity contribution is 7.90. The number of aldehydes is 1. The van der Waals surface area contributed by atoms with Gasteiger partial charge in [-0.05, 0) is 18.6 Å². The van der Waals surface area contributed by atoms with E-state index in [-0.39, 0.29) is 21.6 Å². The second-order valence-corrected chi connectivity index (χ2v) is 5.63. The lowest BCUT2D eigenvalue weighted by Crippen LogP contribution is -2.11. The van der Waals surface area contributed by atoms with Crippen molar-refractivity contribution in [2.24, 2.45) is 0 Å². The van der Waals surface area contributed by atoms with Crippen molar-refractivity contribution < 1.29 is 23.1 Å². The van der Waals surface area contributed by atoms with Gasteiger partial charge in [-0.1, -0.05) is 0 Å². The van der Waals surface area contributed by atoms with Gasteiger partial charge < -0.3 is 5.11 Å². The summed E-state index contributed by atoms with van der Waals surface area (Å²) in [5.41, 5.74) is -0.773. The van der Waals surface area contributed by atoms with Crippen LogP contribution in [0.2, 0.25) is 0 Å². The molecule has 0 radical (unpaired) electrons. The average Bonchev–Trinajstić information content (AvgIpc) is 2.26. The molecule has 0 fully saturated rings. The zero-order valence-electron chi connectivity index (χ0n) is 9.59. The summed E-state index contributed by atoms with van der Waals surface area (Å²) in [5.74, 6) is -1.42. The molecule has 1 aromatic rings. The van der Waals surface area contributed by atoms with Crippen molar-refractivity contribution in [3.63, 3.8) is 0 Å². The van der Waals surface area contributed by atoms with Gasteiger partial charge in [0.25, 0.3) is 0 Å². The Kier molecular flexibility index (Phi) is 3.53. The smallest absolute Gasteiger partial charge is 0.337 e. The first-order valence-electron chi connectivity index (χ1n) is 4.70. The van der Waals surface area contributed by atoms with Crippen LogP contribution in [0.4, 0.5) is 0 Å². The molecule has 0 atom stereocenters. The summed E-state index contributed by atoms with van der Waals surface area (Å²) in [5, 5.41) is 17.8. The highest BCUT2D eigenvalue weighted by atomic mass is 32.2. The molecule has 6 nitrogen and oxygen atoms in total. The standard InChI is InChI=1S/C11H9NO5S/c1-6-8(4-12)7(11(14)15)3-10(9(6)5-13)18(2,16)17/h3,5H,1-2H3,(H,14,15). The van der Waals surface area contributed by atoms with E-state index in [4.69, 9.17) is 10.4 Å². The monoisotopic (exact) mass is 267 g/mol. The van der Waals surface area contributed by atoms with E-state index in [9.17, 15) is 18.0 Å². The quantitative estimate of drug-likeness (QED) is 0.810. The maximum Gasteiger partial charge on any atom is 0.337 e. The zero-order valence-corrected chi connectivity index (χ0v) is 10.4. The molecule has 0 saturated carbocycles. The topological polar surface area (TPSA) is 112 Å². The fourth-order valence-corrected chi connectivity index (χ4v) is 2.50. The number of carbonyl (C=O) groups is 2. The molecule has 0 aromatic heterocycles. The van der Waals surface area contributed by atoms with E-state index in [2.05, 4.69) is 0 Å². The zero-order chi connectivity index (χ0) is 14.1. The number of hydrogen-bond acceptors (Lipinski definition) is 5. The van der Waals surface area contributed by atoms with Gasteiger partial charge in [0.1, 0.15) is 6.07 Å².